The van der Waals surface area contributed by atoms with Crippen LogP contribution in [0.5, 0.6) is 0 Å². The van der Waals surface area contributed by atoms with Gasteiger partial charge in [-0.15, -0.1) is 0 Å². The van der Waals surface area contributed by atoms with E-state index in [-0.39, 0.29) is 10.6 Å². The Kier molecular flexibility index (Phi) is 2.81. The van der Waals surface area contributed by atoms with Crippen LogP contribution in [-0.4, -0.2) is 11.0 Å². The van der Waals surface area contributed by atoms with Gasteiger partial charge in [-0.2, -0.15) is 0 Å². The zero-order valence-corrected chi connectivity index (χ0v) is 9.56. The monoisotopic (exact) mass is 220 g/mol. The van der Waals surface area contributed by atoms with Crippen LogP contribution in [0, 0.1) is 23.0 Å². The highest BCUT2D eigenvalue weighted by Crippen LogP contribution is 2.32. The predicted octanol–water partition coefficient (Wildman–Crippen LogP) is 3.11. The fourth-order valence-corrected chi connectivity index (χ4v) is 2.22. The van der Waals surface area contributed by atoms with Gasteiger partial charge >= 0.3 is 0 Å². The van der Waals surface area contributed by atoms with Crippen LogP contribution in [0.25, 0.3) is 0 Å². The van der Waals surface area contributed by atoms with Gasteiger partial charge in [0.05, 0.1) is 4.92 Å². The Labute approximate surface area is 94.8 Å². The largest absolute Gasteiger partial charge is 0.382 e. The van der Waals surface area contributed by atoms with E-state index in [1.165, 1.54) is 0 Å². The van der Waals surface area contributed by atoms with Crippen LogP contribution in [0.1, 0.15) is 25.3 Å². The maximum Gasteiger partial charge on any atom is 0.274 e. The number of hydrogen-bond acceptors (Lipinski definition) is 3. The van der Waals surface area contributed by atoms with Crippen molar-refractivity contribution in [3.63, 3.8) is 0 Å². The Morgan fingerprint density at radius 1 is 1.44 bits per heavy atom. The predicted molar refractivity (Wildman–Crippen MR) is 63.6 cm³/mol. The molecule has 4 heteroatoms. The summed E-state index contributed by atoms with van der Waals surface area (Å²) in [6, 6.07) is 5.67. The number of rotatable bonds is 3. The second kappa shape index (κ2) is 4.12. The first-order chi connectivity index (χ1) is 7.58. The second-order valence-corrected chi connectivity index (χ2v) is 4.62. The molecule has 0 saturated heterocycles. The number of nitrogens with zero attached hydrogens (tertiary/aromatic N) is 1. The average molecular weight is 220 g/mol. The van der Waals surface area contributed by atoms with E-state index in [0.29, 0.717) is 6.04 Å². The van der Waals surface area contributed by atoms with Crippen LogP contribution in [0.15, 0.2) is 18.2 Å². The van der Waals surface area contributed by atoms with Gasteiger partial charge in [-0.05, 0) is 31.7 Å². The summed E-state index contributed by atoms with van der Waals surface area (Å²) < 4.78 is 0. The molecule has 0 bridgehead atoms. The molecule has 4 nitrogen and oxygen atoms in total. The summed E-state index contributed by atoms with van der Waals surface area (Å²) in [6.07, 6.45) is 2.31. The molecule has 0 spiro atoms. The molecule has 0 unspecified atom stereocenters. The van der Waals surface area contributed by atoms with Gasteiger partial charge in [-0.1, -0.05) is 13.0 Å². The third kappa shape index (κ3) is 2.01. The number of nitro groups is 1. The third-order valence-corrected chi connectivity index (χ3v) is 3.24. The SMILES string of the molecule is Cc1c(NC2CC(C)C2)cccc1[N+](=O)[O-]. The molecule has 0 heterocycles. The van der Waals surface area contributed by atoms with E-state index in [0.717, 1.165) is 30.0 Å². The van der Waals surface area contributed by atoms with Crippen LogP contribution < -0.4 is 5.32 Å². The lowest BCUT2D eigenvalue weighted by Crippen LogP contribution is -2.33. The van der Waals surface area contributed by atoms with Crippen molar-refractivity contribution in [2.24, 2.45) is 5.92 Å². The zero-order valence-electron chi connectivity index (χ0n) is 9.56. The summed E-state index contributed by atoms with van der Waals surface area (Å²) in [5.74, 6) is 0.775. The number of hydrogen-bond donors (Lipinski definition) is 1. The van der Waals surface area contributed by atoms with E-state index in [4.69, 9.17) is 0 Å². The van der Waals surface area contributed by atoms with Gasteiger partial charge in [0.15, 0.2) is 0 Å². The van der Waals surface area contributed by atoms with Crippen molar-refractivity contribution in [1.82, 2.24) is 0 Å². The Balaban J connectivity index is 2.15. The van der Waals surface area contributed by atoms with Crippen molar-refractivity contribution in [3.05, 3.63) is 33.9 Å². The Hall–Kier alpha value is -1.58. The average Bonchev–Trinajstić information content (AvgIpc) is 2.18. The van der Waals surface area contributed by atoms with Crippen molar-refractivity contribution in [2.75, 3.05) is 5.32 Å². The lowest BCUT2D eigenvalue weighted by molar-refractivity contribution is -0.385. The van der Waals surface area contributed by atoms with Crippen LogP contribution in [0.4, 0.5) is 11.4 Å². The molecule has 1 aliphatic rings. The van der Waals surface area contributed by atoms with Crippen LogP contribution in [0.3, 0.4) is 0 Å². The lowest BCUT2D eigenvalue weighted by atomic mass is 9.81. The summed E-state index contributed by atoms with van der Waals surface area (Å²) in [6.45, 7) is 4.01. The number of benzene rings is 1. The molecule has 1 aromatic carbocycles. The molecule has 1 fully saturated rings. The standard InChI is InChI=1S/C12H16N2O2/c1-8-6-10(7-8)13-11-4-3-5-12(9(11)2)14(15)16/h3-5,8,10,13H,6-7H2,1-2H3. The molecular formula is C12H16N2O2. The maximum absolute atomic E-state index is 10.8. The topological polar surface area (TPSA) is 55.2 Å². The molecule has 0 atom stereocenters. The van der Waals surface area contributed by atoms with Gasteiger partial charge in [-0.25, -0.2) is 0 Å². The fourth-order valence-electron chi connectivity index (χ4n) is 2.22. The van der Waals surface area contributed by atoms with Crippen LogP contribution in [0.2, 0.25) is 0 Å². The number of nitro benzene ring substituents is 1. The van der Waals surface area contributed by atoms with Crippen LogP contribution in [-0.2, 0) is 0 Å². The minimum atomic E-state index is -0.329. The molecule has 1 N–H and O–H groups in total. The second-order valence-electron chi connectivity index (χ2n) is 4.62. The van der Waals surface area contributed by atoms with Crippen molar-refractivity contribution in [3.8, 4) is 0 Å². The Morgan fingerprint density at radius 2 is 2.12 bits per heavy atom. The fraction of sp³-hybridized carbons (Fsp3) is 0.500. The van der Waals surface area contributed by atoms with E-state index >= 15 is 0 Å². The van der Waals surface area contributed by atoms with Gasteiger partial charge < -0.3 is 5.32 Å². The number of anilines is 1. The molecule has 0 radical (unpaired) electrons. The highest BCUT2D eigenvalue weighted by atomic mass is 16.6. The molecule has 0 aromatic heterocycles. The van der Waals surface area contributed by atoms with Crippen molar-refractivity contribution >= 4 is 11.4 Å². The maximum atomic E-state index is 10.8. The lowest BCUT2D eigenvalue weighted by Gasteiger charge is -2.34. The normalized spacial score (nSPS) is 23.6. The first-order valence-electron chi connectivity index (χ1n) is 5.58. The quantitative estimate of drug-likeness (QED) is 0.629. The zero-order chi connectivity index (χ0) is 11.7. The van der Waals surface area contributed by atoms with Gasteiger partial charge in [-0.3, -0.25) is 10.1 Å². The first-order valence-corrected chi connectivity index (χ1v) is 5.58. The summed E-state index contributed by atoms with van der Waals surface area (Å²) >= 11 is 0. The van der Waals surface area contributed by atoms with E-state index < -0.39 is 0 Å². The third-order valence-electron chi connectivity index (χ3n) is 3.24. The smallest absolute Gasteiger partial charge is 0.274 e. The minimum Gasteiger partial charge on any atom is -0.382 e. The van der Waals surface area contributed by atoms with E-state index in [1.54, 1.807) is 19.1 Å². The van der Waals surface area contributed by atoms with E-state index in [1.807, 2.05) is 6.07 Å². The van der Waals surface area contributed by atoms with Gasteiger partial charge in [0, 0.05) is 23.4 Å². The summed E-state index contributed by atoms with van der Waals surface area (Å²) in [5, 5.41) is 14.1. The first kappa shape index (κ1) is 10.9. The molecule has 86 valence electrons. The molecule has 2 rings (SSSR count). The van der Waals surface area contributed by atoms with Crippen LogP contribution >= 0.6 is 0 Å². The summed E-state index contributed by atoms with van der Waals surface area (Å²) in [4.78, 5) is 10.4. The molecule has 0 aliphatic heterocycles. The minimum absolute atomic E-state index is 0.192. The highest BCUT2D eigenvalue weighted by molar-refractivity contribution is 5.60. The van der Waals surface area contributed by atoms with Crippen molar-refractivity contribution in [1.29, 1.82) is 0 Å². The molecule has 1 saturated carbocycles. The molecule has 1 aliphatic carbocycles. The molecule has 0 amide bonds. The Bertz CT molecular complexity index is 411. The molecule has 16 heavy (non-hydrogen) atoms. The molecule has 1 aromatic rings. The van der Waals surface area contributed by atoms with Crippen molar-refractivity contribution < 1.29 is 4.92 Å². The van der Waals surface area contributed by atoms with Crippen molar-refractivity contribution in [2.45, 2.75) is 32.7 Å². The molecular weight excluding hydrogens is 204 g/mol. The van der Waals surface area contributed by atoms with Gasteiger partial charge in [0.2, 0.25) is 0 Å². The van der Waals surface area contributed by atoms with E-state index in [9.17, 15) is 10.1 Å². The Morgan fingerprint density at radius 3 is 2.69 bits per heavy atom. The van der Waals surface area contributed by atoms with E-state index in [2.05, 4.69) is 12.2 Å². The highest BCUT2D eigenvalue weighted by Gasteiger charge is 2.26. The van der Waals surface area contributed by atoms with Gasteiger partial charge in [0.1, 0.15) is 0 Å². The number of nitrogens with one attached hydrogen (secondary N) is 1. The van der Waals surface area contributed by atoms with Gasteiger partial charge in [0.25, 0.3) is 5.69 Å². The summed E-state index contributed by atoms with van der Waals surface area (Å²) in [5.41, 5.74) is 1.82. The summed E-state index contributed by atoms with van der Waals surface area (Å²) in [7, 11) is 0.